The van der Waals surface area contributed by atoms with Crippen molar-refractivity contribution in [3.63, 3.8) is 0 Å². The molecule has 2 atom stereocenters. The smallest absolute Gasteiger partial charge is 0.326 e. The molecule has 98 valence electrons. The van der Waals surface area contributed by atoms with Crippen LogP contribution in [0.5, 0.6) is 0 Å². The maximum atomic E-state index is 11.3. The molecule has 0 aromatic rings. The Hall–Kier alpha value is -1.28. The van der Waals surface area contributed by atoms with E-state index in [0.29, 0.717) is 5.75 Å². The van der Waals surface area contributed by atoms with E-state index in [2.05, 4.69) is 5.32 Å². The standard InChI is InChI=1S/C9H16N2O5S/c1-17-3-2-6(9(15)16)11-7(12)4-5(10)8(13)14/h5-6H,2-4,10H2,1H3,(H,11,12)(H,13,14)(H,15,16)/t5-,6-/m0/s1. The predicted octanol–water partition coefficient (Wildman–Crippen LogP) is -0.889. The zero-order chi connectivity index (χ0) is 13.4. The van der Waals surface area contributed by atoms with Crippen molar-refractivity contribution in [2.24, 2.45) is 5.73 Å². The van der Waals surface area contributed by atoms with Gasteiger partial charge in [-0.25, -0.2) is 4.79 Å². The zero-order valence-electron chi connectivity index (χ0n) is 9.38. The van der Waals surface area contributed by atoms with Gasteiger partial charge in [0.25, 0.3) is 0 Å². The van der Waals surface area contributed by atoms with E-state index < -0.39 is 36.4 Å². The van der Waals surface area contributed by atoms with Crippen LogP contribution in [0, 0.1) is 0 Å². The third-order valence-corrected chi connectivity index (χ3v) is 2.61. The van der Waals surface area contributed by atoms with Crippen molar-refractivity contribution >= 4 is 29.6 Å². The molecule has 7 nitrogen and oxygen atoms in total. The van der Waals surface area contributed by atoms with Gasteiger partial charge in [-0.2, -0.15) is 11.8 Å². The Balaban J connectivity index is 4.21. The normalized spacial score (nSPS) is 13.8. The van der Waals surface area contributed by atoms with E-state index in [4.69, 9.17) is 15.9 Å². The summed E-state index contributed by atoms with van der Waals surface area (Å²) in [4.78, 5) is 32.5. The van der Waals surface area contributed by atoms with Crippen molar-refractivity contribution < 1.29 is 24.6 Å². The fraction of sp³-hybridized carbons (Fsp3) is 0.667. The fourth-order valence-corrected chi connectivity index (χ4v) is 1.50. The van der Waals surface area contributed by atoms with Gasteiger partial charge in [-0.15, -0.1) is 0 Å². The Kier molecular flexibility index (Phi) is 7.31. The summed E-state index contributed by atoms with van der Waals surface area (Å²) in [6.45, 7) is 0. The molecule has 5 N–H and O–H groups in total. The second-order valence-electron chi connectivity index (χ2n) is 3.39. The SMILES string of the molecule is CSCC[C@H](NC(=O)C[C@H](N)C(=O)O)C(=O)O. The Morgan fingerprint density at radius 3 is 2.29 bits per heavy atom. The quantitative estimate of drug-likeness (QED) is 0.447. The van der Waals surface area contributed by atoms with Crippen LogP contribution in [0.2, 0.25) is 0 Å². The summed E-state index contributed by atoms with van der Waals surface area (Å²) in [5, 5.41) is 19.6. The Bertz CT molecular complexity index is 297. The number of nitrogens with two attached hydrogens (primary N) is 1. The molecule has 8 heteroatoms. The van der Waals surface area contributed by atoms with Gasteiger partial charge in [0.05, 0.1) is 6.42 Å². The highest BCUT2D eigenvalue weighted by Crippen LogP contribution is 2.01. The predicted molar refractivity (Wildman–Crippen MR) is 62.8 cm³/mol. The van der Waals surface area contributed by atoms with E-state index in [9.17, 15) is 14.4 Å². The highest BCUT2D eigenvalue weighted by molar-refractivity contribution is 7.98. The molecular formula is C9H16N2O5S. The van der Waals surface area contributed by atoms with Gasteiger partial charge in [-0.3, -0.25) is 9.59 Å². The minimum absolute atomic E-state index is 0.282. The Morgan fingerprint density at radius 1 is 1.29 bits per heavy atom. The minimum Gasteiger partial charge on any atom is -0.480 e. The van der Waals surface area contributed by atoms with Gasteiger partial charge >= 0.3 is 11.9 Å². The molecule has 0 fully saturated rings. The lowest BCUT2D eigenvalue weighted by atomic mass is 10.2. The van der Waals surface area contributed by atoms with E-state index in [1.54, 1.807) is 0 Å². The first kappa shape index (κ1) is 15.7. The van der Waals surface area contributed by atoms with Crippen LogP contribution in [-0.4, -0.2) is 52.2 Å². The Labute approximate surface area is 103 Å². The van der Waals surface area contributed by atoms with Crippen LogP contribution < -0.4 is 11.1 Å². The van der Waals surface area contributed by atoms with Crippen molar-refractivity contribution in [1.82, 2.24) is 5.32 Å². The fourth-order valence-electron chi connectivity index (χ4n) is 1.03. The number of hydrogen-bond donors (Lipinski definition) is 4. The highest BCUT2D eigenvalue weighted by atomic mass is 32.2. The summed E-state index contributed by atoms with van der Waals surface area (Å²) < 4.78 is 0. The lowest BCUT2D eigenvalue weighted by Crippen LogP contribution is -2.44. The number of carboxylic acids is 2. The second kappa shape index (κ2) is 7.91. The van der Waals surface area contributed by atoms with E-state index in [1.807, 2.05) is 6.26 Å². The van der Waals surface area contributed by atoms with E-state index in [1.165, 1.54) is 11.8 Å². The molecule has 0 saturated heterocycles. The van der Waals surface area contributed by atoms with Gasteiger partial charge in [-0.05, 0) is 18.4 Å². The lowest BCUT2D eigenvalue weighted by Gasteiger charge is -2.14. The molecule has 0 saturated carbocycles. The average molecular weight is 264 g/mol. The molecule has 0 unspecified atom stereocenters. The molecular weight excluding hydrogens is 248 g/mol. The van der Waals surface area contributed by atoms with E-state index in [0.717, 1.165) is 0 Å². The number of aliphatic carboxylic acids is 2. The second-order valence-corrected chi connectivity index (χ2v) is 4.37. The van der Waals surface area contributed by atoms with Crippen LogP contribution >= 0.6 is 11.8 Å². The third-order valence-electron chi connectivity index (χ3n) is 1.97. The first-order chi connectivity index (χ1) is 7.88. The third kappa shape index (κ3) is 6.80. The van der Waals surface area contributed by atoms with Gasteiger partial charge in [-0.1, -0.05) is 0 Å². The topological polar surface area (TPSA) is 130 Å². The number of thioether (sulfide) groups is 1. The summed E-state index contributed by atoms with van der Waals surface area (Å²) in [6, 6.07) is -2.32. The summed E-state index contributed by atoms with van der Waals surface area (Å²) in [7, 11) is 0. The van der Waals surface area contributed by atoms with Crippen molar-refractivity contribution in [2.45, 2.75) is 24.9 Å². The number of rotatable bonds is 8. The van der Waals surface area contributed by atoms with E-state index >= 15 is 0 Å². The van der Waals surface area contributed by atoms with Crippen LogP contribution in [0.3, 0.4) is 0 Å². The van der Waals surface area contributed by atoms with E-state index in [-0.39, 0.29) is 6.42 Å². The summed E-state index contributed by atoms with van der Waals surface area (Å²) in [5.74, 6) is -2.52. The van der Waals surface area contributed by atoms with Crippen LogP contribution in [0.4, 0.5) is 0 Å². The molecule has 0 aliphatic heterocycles. The van der Waals surface area contributed by atoms with Gasteiger partial charge in [0.15, 0.2) is 0 Å². The van der Waals surface area contributed by atoms with Crippen LogP contribution in [0.15, 0.2) is 0 Å². The number of carboxylic acid groups (broad SMARTS) is 2. The molecule has 0 spiro atoms. The van der Waals surface area contributed by atoms with Crippen molar-refractivity contribution in [3.8, 4) is 0 Å². The lowest BCUT2D eigenvalue weighted by molar-refractivity contribution is -0.142. The van der Waals surface area contributed by atoms with Gasteiger partial charge in [0, 0.05) is 0 Å². The number of carbonyl (C=O) groups excluding carboxylic acids is 1. The molecule has 0 rings (SSSR count). The van der Waals surface area contributed by atoms with Gasteiger partial charge < -0.3 is 21.3 Å². The first-order valence-electron chi connectivity index (χ1n) is 4.88. The average Bonchev–Trinajstić information content (AvgIpc) is 2.23. The maximum absolute atomic E-state index is 11.3. The molecule has 0 aromatic heterocycles. The van der Waals surface area contributed by atoms with Gasteiger partial charge in [0.1, 0.15) is 12.1 Å². The molecule has 0 heterocycles. The molecule has 17 heavy (non-hydrogen) atoms. The monoisotopic (exact) mass is 264 g/mol. The van der Waals surface area contributed by atoms with Crippen molar-refractivity contribution in [3.05, 3.63) is 0 Å². The van der Waals surface area contributed by atoms with Crippen molar-refractivity contribution in [1.29, 1.82) is 0 Å². The zero-order valence-corrected chi connectivity index (χ0v) is 10.2. The number of amides is 1. The summed E-state index contributed by atoms with van der Waals surface area (Å²) in [6.07, 6.45) is 1.67. The molecule has 1 amide bonds. The largest absolute Gasteiger partial charge is 0.480 e. The molecule has 0 radical (unpaired) electrons. The summed E-state index contributed by atoms with van der Waals surface area (Å²) >= 11 is 1.46. The van der Waals surface area contributed by atoms with Gasteiger partial charge in [0.2, 0.25) is 5.91 Å². The maximum Gasteiger partial charge on any atom is 0.326 e. The molecule has 0 aliphatic rings. The minimum atomic E-state index is -1.31. The first-order valence-corrected chi connectivity index (χ1v) is 6.27. The Morgan fingerprint density at radius 2 is 1.88 bits per heavy atom. The van der Waals surface area contributed by atoms with Crippen LogP contribution in [0.25, 0.3) is 0 Å². The number of nitrogens with one attached hydrogen (secondary N) is 1. The molecule has 0 aliphatic carbocycles. The highest BCUT2D eigenvalue weighted by Gasteiger charge is 2.22. The summed E-state index contributed by atoms with van der Waals surface area (Å²) in [5.41, 5.74) is 5.16. The number of hydrogen-bond acceptors (Lipinski definition) is 5. The van der Waals surface area contributed by atoms with Crippen LogP contribution in [-0.2, 0) is 14.4 Å². The molecule has 0 aromatic carbocycles. The van der Waals surface area contributed by atoms with Crippen LogP contribution in [0.1, 0.15) is 12.8 Å². The number of carbonyl (C=O) groups is 3. The molecule has 0 bridgehead atoms. The van der Waals surface area contributed by atoms with Crippen molar-refractivity contribution in [2.75, 3.05) is 12.0 Å².